The summed E-state index contributed by atoms with van der Waals surface area (Å²) in [6.45, 7) is 5.02. The molecule has 0 fully saturated rings. The fourth-order valence-corrected chi connectivity index (χ4v) is 1.42. The molecule has 7 heteroatoms. The summed E-state index contributed by atoms with van der Waals surface area (Å²) in [5, 5.41) is 5.22. The van der Waals surface area contributed by atoms with E-state index in [2.05, 4.69) is 9.68 Å². The standard InChI is InChI=1S/C11H15F3N2O2/c1-10(2,3)6-8(11(12,13)14)15-9(17)7-4-5-18-16-7/h4-5,8H,6H2,1-3H3,(H,15,17). The van der Waals surface area contributed by atoms with Crippen LogP contribution in [0.1, 0.15) is 37.7 Å². The van der Waals surface area contributed by atoms with Gasteiger partial charge in [0, 0.05) is 6.07 Å². The molecule has 1 atom stereocenters. The molecule has 1 amide bonds. The summed E-state index contributed by atoms with van der Waals surface area (Å²) in [5.74, 6) is -0.893. The van der Waals surface area contributed by atoms with Gasteiger partial charge in [0.2, 0.25) is 0 Å². The van der Waals surface area contributed by atoms with E-state index < -0.39 is 23.5 Å². The highest BCUT2D eigenvalue weighted by Gasteiger charge is 2.42. The zero-order valence-electron chi connectivity index (χ0n) is 10.3. The number of amides is 1. The Bertz CT molecular complexity index is 393. The molecule has 1 aromatic rings. The first-order valence-electron chi connectivity index (χ1n) is 5.37. The Labute approximate surface area is 103 Å². The number of nitrogens with one attached hydrogen (secondary N) is 1. The van der Waals surface area contributed by atoms with Crippen molar-refractivity contribution in [2.24, 2.45) is 5.41 Å². The van der Waals surface area contributed by atoms with E-state index in [1.54, 1.807) is 20.8 Å². The lowest BCUT2D eigenvalue weighted by atomic mass is 9.88. The first kappa shape index (κ1) is 14.5. The Morgan fingerprint density at radius 2 is 2.06 bits per heavy atom. The second-order valence-corrected chi connectivity index (χ2v) is 5.22. The van der Waals surface area contributed by atoms with Crippen molar-refractivity contribution < 1.29 is 22.5 Å². The summed E-state index contributed by atoms with van der Waals surface area (Å²) in [7, 11) is 0. The van der Waals surface area contributed by atoms with Gasteiger partial charge >= 0.3 is 6.18 Å². The van der Waals surface area contributed by atoms with Crippen molar-refractivity contribution in [3.63, 3.8) is 0 Å². The number of aromatic nitrogens is 1. The third-order valence-corrected chi connectivity index (χ3v) is 2.19. The summed E-state index contributed by atoms with van der Waals surface area (Å²) in [6, 6.07) is -0.693. The first-order chi connectivity index (χ1) is 8.09. The van der Waals surface area contributed by atoms with Crippen LogP contribution in [0.3, 0.4) is 0 Å². The van der Waals surface area contributed by atoms with E-state index in [0.717, 1.165) is 6.26 Å². The minimum absolute atomic E-state index is 0.168. The third kappa shape index (κ3) is 4.38. The van der Waals surface area contributed by atoms with E-state index >= 15 is 0 Å². The highest BCUT2D eigenvalue weighted by molar-refractivity contribution is 5.92. The van der Waals surface area contributed by atoms with Crippen molar-refractivity contribution in [3.05, 3.63) is 18.0 Å². The predicted molar refractivity (Wildman–Crippen MR) is 57.9 cm³/mol. The number of nitrogens with zero attached hydrogens (tertiary/aromatic N) is 1. The molecule has 0 bridgehead atoms. The van der Waals surface area contributed by atoms with Gasteiger partial charge in [-0.3, -0.25) is 4.79 Å². The molecular formula is C11H15F3N2O2. The fourth-order valence-electron chi connectivity index (χ4n) is 1.42. The van der Waals surface area contributed by atoms with E-state index in [4.69, 9.17) is 0 Å². The zero-order valence-corrected chi connectivity index (χ0v) is 10.3. The van der Waals surface area contributed by atoms with E-state index in [0.29, 0.717) is 0 Å². The van der Waals surface area contributed by atoms with Crippen molar-refractivity contribution in [1.82, 2.24) is 10.5 Å². The number of hydrogen-bond acceptors (Lipinski definition) is 3. The van der Waals surface area contributed by atoms with Gasteiger partial charge in [-0.1, -0.05) is 25.9 Å². The summed E-state index contributed by atoms with van der Waals surface area (Å²) in [6.07, 6.45) is -3.58. The van der Waals surface area contributed by atoms with Crippen LogP contribution in [0.25, 0.3) is 0 Å². The van der Waals surface area contributed by atoms with E-state index in [9.17, 15) is 18.0 Å². The van der Waals surface area contributed by atoms with Crippen LogP contribution < -0.4 is 5.32 Å². The molecule has 0 saturated carbocycles. The molecular weight excluding hydrogens is 249 g/mol. The molecule has 1 N–H and O–H groups in total. The molecule has 1 unspecified atom stereocenters. The molecule has 0 saturated heterocycles. The molecule has 1 rings (SSSR count). The van der Waals surface area contributed by atoms with Crippen molar-refractivity contribution in [2.45, 2.75) is 39.4 Å². The largest absolute Gasteiger partial charge is 0.408 e. The minimum Gasteiger partial charge on any atom is -0.364 e. The zero-order chi connectivity index (χ0) is 14.0. The second-order valence-electron chi connectivity index (χ2n) is 5.22. The van der Waals surface area contributed by atoms with Gasteiger partial charge in [0.05, 0.1) is 0 Å². The molecule has 0 aliphatic carbocycles. The molecule has 4 nitrogen and oxygen atoms in total. The molecule has 1 aromatic heterocycles. The summed E-state index contributed by atoms with van der Waals surface area (Å²) < 4.78 is 42.8. The quantitative estimate of drug-likeness (QED) is 0.913. The maximum absolute atomic E-state index is 12.8. The van der Waals surface area contributed by atoms with Crippen molar-refractivity contribution in [1.29, 1.82) is 0 Å². The van der Waals surface area contributed by atoms with Crippen molar-refractivity contribution in [3.8, 4) is 0 Å². The Morgan fingerprint density at radius 3 is 2.44 bits per heavy atom. The molecule has 0 spiro atoms. The van der Waals surface area contributed by atoms with Gasteiger partial charge in [-0.15, -0.1) is 0 Å². The fraction of sp³-hybridized carbons (Fsp3) is 0.636. The summed E-state index contributed by atoms with van der Waals surface area (Å²) >= 11 is 0. The number of rotatable bonds is 3. The second kappa shape index (κ2) is 4.99. The topological polar surface area (TPSA) is 55.1 Å². The van der Waals surface area contributed by atoms with Gasteiger partial charge in [-0.05, 0) is 11.8 Å². The van der Waals surface area contributed by atoms with E-state index in [1.165, 1.54) is 6.07 Å². The molecule has 0 aliphatic rings. The van der Waals surface area contributed by atoms with Crippen LogP contribution in [0.5, 0.6) is 0 Å². The summed E-state index contributed by atoms with van der Waals surface area (Å²) in [4.78, 5) is 11.5. The molecule has 1 heterocycles. The van der Waals surface area contributed by atoms with Crippen LogP contribution in [0.4, 0.5) is 13.2 Å². The van der Waals surface area contributed by atoms with E-state index in [1.807, 2.05) is 5.32 Å². The Morgan fingerprint density at radius 1 is 1.44 bits per heavy atom. The van der Waals surface area contributed by atoms with Crippen LogP contribution in [0.15, 0.2) is 16.9 Å². The van der Waals surface area contributed by atoms with Gasteiger partial charge < -0.3 is 9.84 Å². The number of carbonyl (C=O) groups is 1. The molecule has 102 valence electrons. The lowest BCUT2D eigenvalue weighted by molar-refractivity contribution is -0.159. The van der Waals surface area contributed by atoms with Crippen LogP contribution in [0, 0.1) is 5.41 Å². The first-order valence-corrected chi connectivity index (χ1v) is 5.37. The molecule has 0 aliphatic heterocycles. The van der Waals surface area contributed by atoms with Crippen LogP contribution in [-0.2, 0) is 0 Å². The van der Waals surface area contributed by atoms with Crippen LogP contribution in [0.2, 0.25) is 0 Å². The molecule has 0 radical (unpaired) electrons. The lowest BCUT2D eigenvalue weighted by Gasteiger charge is -2.28. The van der Waals surface area contributed by atoms with Gasteiger partial charge in [0.1, 0.15) is 12.3 Å². The van der Waals surface area contributed by atoms with Gasteiger partial charge in [0.25, 0.3) is 5.91 Å². The number of halogens is 3. The molecule has 0 aromatic carbocycles. The highest BCUT2D eigenvalue weighted by Crippen LogP contribution is 2.30. The predicted octanol–water partition coefficient (Wildman–Crippen LogP) is 2.77. The highest BCUT2D eigenvalue weighted by atomic mass is 19.4. The SMILES string of the molecule is CC(C)(C)CC(NC(=O)c1ccon1)C(F)(F)F. The number of alkyl halides is 3. The maximum Gasteiger partial charge on any atom is 0.408 e. The normalized spacial score (nSPS) is 14.3. The number of carbonyl (C=O) groups excluding carboxylic acids is 1. The monoisotopic (exact) mass is 264 g/mol. The Kier molecular flexibility index (Phi) is 4.03. The summed E-state index contributed by atoms with van der Waals surface area (Å²) in [5.41, 5.74) is -0.727. The van der Waals surface area contributed by atoms with Crippen LogP contribution in [-0.4, -0.2) is 23.3 Å². The lowest BCUT2D eigenvalue weighted by Crippen LogP contribution is -2.47. The maximum atomic E-state index is 12.8. The average Bonchev–Trinajstić information content (AvgIpc) is 2.65. The third-order valence-electron chi connectivity index (χ3n) is 2.19. The smallest absolute Gasteiger partial charge is 0.364 e. The van der Waals surface area contributed by atoms with Crippen molar-refractivity contribution >= 4 is 5.91 Å². The minimum atomic E-state index is -4.49. The Hall–Kier alpha value is -1.53. The van der Waals surface area contributed by atoms with E-state index in [-0.39, 0.29) is 12.1 Å². The molecule has 18 heavy (non-hydrogen) atoms. The van der Waals surface area contributed by atoms with Gasteiger partial charge in [-0.25, -0.2) is 0 Å². The van der Waals surface area contributed by atoms with Gasteiger partial charge in [0.15, 0.2) is 5.69 Å². The average molecular weight is 264 g/mol. The Balaban J connectivity index is 2.77. The number of hydrogen-bond donors (Lipinski definition) is 1. The van der Waals surface area contributed by atoms with Crippen LogP contribution >= 0.6 is 0 Å². The van der Waals surface area contributed by atoms with Crippen molar-refractivity contribution in [2.75, 3.05) is 0 Å². The van der Waals surface area contributed by atoms with Gasteiger partial charge in [-0.2, -0.15) is 13.2 Å².